The zero-order valence-corrected chi connectivity index (χ0v) is 16.2. The molecule has 0 radical (unpaired) electrons. The summed E-state index contributed by atoms with van der Waals surface area (Å²) in [6.07, 6.45) is 8.41. The van der Waals surface area contributed by atoms with Crippen LogP contribution in [0, 0.1) is 6.92 Å². The molecule has 2 aliphatic rings. The first-order chi connectivity index (χ1) is 12.6. The Hall–Kier alpha value is -1.73. The highest BCUT2D eigenvalue weighted by atomic mass is 32.1. The maximum Gasteiger partial charge on any atom is 0.348 e. The highest BCUT2D eigenvalue weighted by Gasteiger charge is 2.40. The Balaban J connectivity index is 1.61. The first-order valence-corrected chi connectivity index (χ1v) is 10.3. The van der Waals surface area contributed by atoms with E-state index >= 15 is 0 Å². The van der Waals surface area contributed by atoms with Crippen molar-refractivity contribution in [1.82, 2.24) is 9.97 Å². The topological polar surface area (TPSA) is 73.3 Å². The van der Waals surface area contributed by atoms with Crippen molar-refractivity contribution in [3.8, 4) is 0 Å². The van der Waals surface area contributed by atoms with Crippen molar-refractivity contribution in [2.75, 3.05) is 18.5 Å². The number of esters is 1. The Bertz CT molecular complexity index is 814. The van der Waals surface area contributed by atoms with Crippen LogP contribution in [0.5, 0.6) is 0 Å². The van der Waals surface area contributed by atoms with Crippen molar-refractivity contribution in [3.63, 3.8) is 0 Å². The first kappa shape index (κ1) is 17.7. The van der Waals surface area contributed by atoms with Crippen LogP contribution in [-0.2, 0) is 9.47 Å². The van der Waals surface area contributed by atoms with Gasteiger partial charge in [-0.15, -0.1) is 11.3 Å². The van der Waals surface area contributed by atoms with Crippen molar-refractivity contribution in [1.29, 1.82) is 0 Å². The molecule has 7 heteroatoms. The second kappa shape index (κ2) is 7.12. The molecule has 2 fully saturated rings. The minimum absolute atomic E-state index is 0.0574. The van der Waals surface area contributed by atoms with E-state index in [1.165, 1.54) is 24.2 Å². The summed E-state index contributed by atoms with van der Waals surface area (Å²) in [5.74, 6) is 0.536. The molecule has 6 nitrogen and oxygen atoms in total. The van der Waals surface area contributed by atoms with E-state index in [1.807, 2.05) is 13.8 Å². The van der Waals surface area contributed by atoms with Gasteiger partial charge in [-0.25, -0.2) is 14.8 Å². The third-order valence-corrected chi connectivity index (χ3v) is 6.72. The number of fused-ring (bicyclic) bond motifs is 1. The SMILES string of the molecule is CCOC(=O)c1sc2ncnc(NC3CCOC4(CCCC4)C3)c2c1C. The molecule has 0 aromatic carbocycles. The summed E-state index contributed by atoms with van der Waals surface area (Å²) in [6.45, 7) is 4.93. The number of nitrogens with one attached hydrogen (secondary N) is 1. The zero-order chi connectivity index (χ0) is 18.1. The summed E-state index contributed by atoms with van der Waals surface area (Å²) >= 11 is 1.38. The smallest absolute Gasteiger partial charge is 0.348 e. The lowest BCUT2D eigenvalue weighted by atomic mass is 9.89. The summed E-state index contributed by atoms with van der Waals surface area (Å²) in [7, 11) is 0. The number of hydrogen-bond donors (Lipinski definition) is 1. The van der Waals surface area contributed by atoms with Crippen LogP contribution in [0.1, 0.15) is 60.7 Å². The molecule has 2 aromatic rings. The van der Waals surface area contributed by atoms with E-state index < -0.39 is 0 Å². The van der Waals surface area contributed by atoms with Crippen LogP contribution in [0.2, 0.25) is 0 Å². The minimum Gasteiger partial charge on any atom is -0.462 e. The summed E-state index contributed by atoms with van der Waals surface area (Å²) in [4.78, 5) is 22.5. The van der Waals surface area contributed by atoms with Gasteiger partial charge in [0, 0.05) is 12.6 Å². The van der Waals surface area contributed by atoms with E-state index in [2.05, 4.69) is 15.3 Å². The monoisotopic (exact) mass is 375 g/mol. The number of aromatic nitrogens is 2. The minimum atomic E-state index is -0.282. The lowest BCUT2D eigenvalue weighted by molar-refractivity contribution is -0.0767. The third-order valence-electron chi connectivity index (χ3n) is 5.54. The Morgan fingerprint density at radius 1 is 1.42 bits per heavy atom. The molecule has 0 amide bonds. The van der Waals surface area contributed by atoms with Gasteiger partial charge in [-0.2, -0.15) is 0 Å². The van der Waals surface area contributed by atoms with Crippen LogP contribution in [0.3, 0.4) is 0 Å². The maximum atomic E-state index is 12.2. The fourth-order valence-electron chi connectivity index (χ4n) is 4.28. The van der Waals surface area contributed by atoms with E-state index in [0.717, 1.165) is 53.9 Å². The molecule has 2 aromatic heterocycles. The summed E-state index contributed by atoms with van der Waals surface area (Å²) in [6, 6.07) is 0.338. The van der Waals surface area contributed by atoms with Gasteiger partial charge >= 0.3 is 5.97 Å². The van der Waals surface area contributed by atoms with Gasteiger partial charge in [0.2, 0.25) is 0 Å². The molecule has 1 aliphatic heterocycles. The molecule has 0 bridgehead atoms. The van der Waals surface area contributed by atoms with Crippen LogP contribution < -0.4 is 5.32 Å². The zero-order valence-electron chi connectivity index (χ0n) is 15.3. The van der Waals surface area contributed by atoms with E-state index in [-0.39, 0.29) is 11.6 Å². The van der Waals surface area contributed by atoms with Crippen LogP contribution in [0.15, 0.2) is 6.33 Å². The van der Waals surface area contributed by atoms with Crippen molar-refractivity contribution >= 4 is 33.3 Å². The van der Waals surface area contributed by atoms with E-state index in [1.54, 1.807) is 6.33 Å². The molecule has 1 aliphatic carbocycles. The Labute approximate surface area is 157 Å². The number of rotatable bonds is 4. The number of hydrogen-bond acceptors (Lipinski definition) is 7. The Morgan fingerprint density at radius 3 is 3.00 bits per heavy atom. The second-order valence-corrected chi connectivity index (χ2v) is 8.25. The molecule has 1 spiro atoms. The van der Waals surface area contributed by atoms with E-state index in [4.69, 9.17) is 9.47 Å². The number of anilines is 1. The number of nitrogens with zero attached hydrogens (tertiary/aromatic N) is 2. The fourth-order valence-corrected chi connectivity index (χ4v) is 5.33. The van der Waals surface area contributed by atoms with E-state index in [0.29, 0.717) is 17.5 Å². The van der Waals surface area contributed by atoms with Crippen LogP contribution in [0.25, 0.3) is 10.2 Å². The normalized spacial score (nSPS) is 22.0. The lowest BCUT2D eigenvalue weighted by Crippen LogP contribution is -2.42. The highest BCUT2D eigenvalue weighted by molar-refractivity contribution is 7.20. The molecule has 3 heterocycles. The van der Waals surface area contributed by atoms with Gasteiger partial charge in [-0.05, 0) is 45.1 Å². The predicted molar refractivity (Wildman–Crippen MR) is 102 cm³/mol. The Morgan fingerprint density at radius 2 is 2.23 bits per heavy atom. The molecule has 140 valence electrons. The number of aryl methyl sites for hydroxylation is 1. The van der Waals surface area contributed by atoms with Gasteiger partial charge in [-0.1, -0.05) is 12.8 Å². The number of ether oxygens (including phenoxy) is 2. The number of carbonyl (C=O) groups is 1. The van der Waals surface area contributed by atoms with Gasteiger partial charge < -0.3 is 14.8 Å². The Kier molecular flexibility index (Phi) is 4.84. The summed E-state index contributed by atoms with van der Waals surface area (Å²) in [5.41, 5.74) is 0.955. The number of carbonyl (C=O) groups excluding carboxylic acids is 1. The van der Waals surface area contributed by atoms with Crippen molar-refractivity contribution in [2.45, 2.75) is 64.0 Å². The lowest BCUT2D eigenvalue weighted by Gasteiger charge is -2.38. The predicted octanol–water partition coefficient (Wildman–Crippen LogP) is 4.08. The van der Waals surface area contributed by atoms with Crippen LogP contribution in [0.4, 0.5) is 5.82 Å². The van der Waals surface area contributed by atoms with Gasteiger partial charge in [0.25, 0.3) is 0 Å². The largest absolute Gasteiger partial charge is 0.462 e. The van der Waals surface area contributed by atoms with Gasteiger partial charge in [0.15, 0.2) is 0 Å². The quantitative estimate of drug-likeness (QED) is 0.812. The van der Waals surface area contributed by atoms with Crippen LogP contribution >= 0.6 is 11.3 Å². The molecule has 1 saturated carbocycles. The average molecular weight is 375 g/mol. The molecule has 1 unspecified atom stereocenters. The summed E-state index contributed by atoms with van der Waals surface area (Å²) < 4.78 is 11.3. The maximum absolute atomic E-state index is 12.2. The highest BCUT2D eigenvalue weighted by Crippen LogP contribution is 2.41. The van der Waals surface area contributed by atoms with E-state index in [9.17, 15) is 4.79 Å². The molecule has 4 rings (SSSR count). The molecule has 1 N–H and O–H groups in total. The van der Waals surface area contributed by atoms with Gasteiger partial charge in [0.1, 0.15) is 21.9 Å². The standard InChI is InChI=1S/C19H25N3O3S/c1-3-24-18(23)15-12(2)14-16(20-11-21-17(14)26-15)22-13-6-9-25-19(10-13)7-4-5-8-19/h11,13H,3-10H2,1-2H3,(H,20,21,22). The van der Waals surface area contributed by atoms with Gasteiger partial charge in [-0.3, -0.25) is 0 Å². The van der Waals surface area contributed by atoms with Crippen molar-refractivity contribution in [2.24, 2.45) is 0 Å². The second-order valence-electron chi connectivity index (χ2n) is 7.25. The fraction of sp³-hybridized carbons (Fsp3) is 0.632. The average Bonchev–Trinajstić information content (AvgIpc) is 3.21. The molecular weight excluding hydrogens is 350 g/mol. The first-order valence-electron chi connectivity index (χ1n) is 9.43. The molecular formula is C19H25N3O3S. The molecule has 1 atom stereocenters. The van der Waals surface area contributed by atoms with Crippen molar-refractivity contribution < 1.29 is 14.3 Å². The number of thiophene rings is 1. The molecule has 1 saturated heterocycles. The third kappa shape index (κ3) is 3.18. The molecule has 26 heavy (non-hydrogen) atoms. The summed E-state index contributed by atoms with van der Waals surface area (Å²) in [5, 5.41) is 4.56. The van der Waals surface area contributed by atoms with Crippen molar-refractivity contribution in [3.05, 3.63) is 16.8 Å². The van der Waals surface area contributed by atoms with Gasteiger partial charge in [0.05, 0.1) is 17.6 Å². The van der Waals surface area contributed by atoms with Crippen LogP contribution in [-0.4, -0.2) is 40.8 Å².